The van der Waals surface area contributed by atoms with Crippen LogP contribution in [0, 0.1) is 0 Å². The van der Waals surface area contributed by atoms with Crippen molar-refractivity contribution >= 4 is 5.91 Å². The summed E-state index contributed by atoms with van der Waals surface area (Å²) >= 11 is 0. The van der Waals surface area contributed by atoms with Gasteiger partial charge in [-0.1, -0.05) is 19.1 Å². The molecule has 1 aromatic rings. The topological polar surface area (TPSA) is 33.2 Å². The van der Waals surface area contributed by atoms with Crippen LogP contribution >= 0.6 is 0 Å². The van der Waals surface area contributed by atoms with Crippen LogP contribution in [0.2, 0.25) is 0 Å². The molecule has 16 heavy (non-hydrogen) atoms. The van der Waals surface area contributed by atoms with Crippen LogP contribution in [0.5, 0.6) is 0 Å². The zero-order valence-electron chi connectivity index (χ0n) is 10.1. The predicted molar refractivity (Wildman–Crippen MR) is 64.8 cm³/mol. The molecule has 0 radical (unpaired) electrons. The zero-order chi connectivity index (χ0) is 12.0. The Morgan fingerprint density at radius 1 is 1.56 bits per heavy atom. The van der Waals surface area contributed by atoms with E-state index in [9.17, 15) is 4.79 Å². The minimum atomic E-state index is 0.0747. The van der Waals surface area contributed by atoms with Gasteiger partial charge in [0.25, 0.3) is 0 Å². The van der Waals surface area contributed by atoms with Gasteiger partial charge in [-0.05, 0) is 25.0 Å². The van der Waals surface area contributed by atoms with Crippen LogP contribution in [-0.4, -0.2) is 22.8 Å². The first-order valence-corrected chi connectivity index (χ1v) is 5.46. The molecule has 1 aromatic heterocycles. The van der Waals surface area contributed by atoms with Crippen molar-refractivity contribution in [2.75, 3.05) is 7.05 Å². The molecule has 0 saturated carbocycles. The van der Waals surface area contributed by atoms with Crippen molar-refractivity contribution in [2.24, 2.45) is 0 Å². The Kier molecular flexibility index (Phi) is 4.70. The molecule has 0 unspecified atom stereocenters. The van der Waals surface area contributed by atoms with E-state index in [1.807, 2.05) is 39.1 Å². The van der Waals surface area contributed by atoms with Crippen LogP contribution in [0.3, 0.4) is 0 Å². The van der Waals surface area contributed by atoms with E-state index < -0.39 is 0 Å². The van der Waals surface area contributed by atoms with E-state index >= 15 is 0 Å². The maximum absolute atomic E-state index is 11.9. The molecule has 1 heterocycles. The minimum Gasteiger partial charge on any atom is -0.338 e. The number of allylic oxidation sites excluding steroid dienone is 1. The fraction of sp³-hybridized carbons (Fsp3) is 0.385. The van der Waals surface area contributed by atoms with Crippen molar-refractivity contribution in [3.05, 3.63) is 41.7 Å². The van der Waals surface area contributed by atoms with Gasteiger partial charge in [0.05, 0.1) is 0 Å². The number of hydrogen-bond donors (Lipinski definition) is 0. The summed E-state index contributed by atoms with van der Waals surface area (Å²) in [4.78, 5) is 17.6. The second kappa shape index (κ2) is 6.05. The van der Waals surface area contributed by atoms with Crippen molar-refractivity contribution in [1.29, 1.82) is 0 Å². The molecule has 0 aliphatic heterocycles. The number of nitrogens with zero attached hydrogens (tertiary/aromatic N) is 2. The molecule has 3 heteroatoms. The maximum Gasteiger partial charge on any atom is 0.249 e. The summed E-state index contributed by atoms with van der Waals surface area (Å²) < 4.78 is 0. The van der Waals surface area contributed by atoms with Crippen LogP contribution in [0.4, 0.5) is 0 Å². The number of amides is 1. The fourth-order valence-electron chi connectivity index (χ4n) is 1.53. The monoisotopic (exact) mass is 218 g/mol. The third-order valence-corrected chi connectivity index (χ3v) is 2.34. The van der Waals surface area contributed by atoms with E-state index in [0.717, 1.165) is 17.6 Å². The van der Waals surface area contributed by atoms with Gasteiger partial charge in [-0.2, -0.15) is 0 Å². The molecule has 0 fully saturated rings. The molecule has 1 rings (SSSR count). The smallest absolute Gasteiger partial charge is 0.249 e. The van der Waals surface area contributed by atoms with Gasteiger partial charge in [-0.25, -0.2) is 0 Å². The average molecular weight is 218 g/mol. The number of carbonyl (C=O) groups is 1. The molecule has 0 saturated heterocycles. The number of carbonyl (C=O) groups excluding carboxylic acids is 1. The number of rotatable bonds is 4. The minimum absolute atomic E-state index is 0.0747. The van der Waals surface area contributed by atoms with Crippen LogP contribution in [0.25, 0.3) is 0 Å². The second-order valence-corrected chi connectivity index (χ2v) is 3.82. The summed E-state index contributed by atoms with van der Waals surface area (Å²) in [6, 6.07) is 3.85. The van der Waals surface area contributed by atoms with Crippen molar-refractivity contribution < 1.29 is 4.79 Å². The van der Waals surface area contributed by atoms with Crippen LogP contribution in [0.15, 0.2) is 36.2 Å². The number of likely N-dealkylation sites (N-methyl/N-ethyl adjacent to an activating group) is 1. The van der Waals surface area contributed by atoms with Crippen molar-refractivity contribution in [3.63, 3.8) is 0 Å². The van der Waals surface area contributed by atoms with Gasteiger partial charge in [-0.15, -0.1) is 0 Å². The van der Waals surface area contributed by atoms with E-state index in [1.54, 1.807) is 17.3 Å². The zero-order valence-corrected chi connectivity index (χ0v) is 10.1. The van der Waals surface area contributed by atoms with Crippen LogP contribution in [0.1, 0.15) is 25.8 Å². The lowest BCUT2D eigenvalue weighted by Crippen LogP contribution is -2.26. The van der Waals surface area contributed by atoms with Crippen molar-refractivity contribution in [3.8, 4) is 0 Å². The third-order valence-electron chi connectivity index (χ3n) is 2.34. The molecule has 0 spiro atoms. The molecule has 86 valence electrons. The molecular weight excluding hydrogens is 200 g/mol. The summed E-state index contributed by atoms with van der Waals surface area (Å²) in [5.74, 6) is 0.0747. The molecule has 0 atom stereocenters. The Bertz CT molecular complexity index is 371. The Hall–Kier alpha value is -1.64. The molecule has 3 nitrogen and oxygen atoms in total. The van der Waals surface area contributed by atoms with E-state index in [1.165, 1.54) is 0 Å². The lowest BCUT2D eigenvalue weighted by Gasteiger charge is -2.17. The Morgan fingerprint density at radius 2 is 2.31 bits per heavy atom. The first kappa shape index (κ1) is 12.4. The summed E-state index contributed by atoms with van der Waals surface area (Å²) in [6.45, 7) is 4.48. The van der Waals surface area contributed by atoms with Crippen LogP contribution < -0.4 is 0 Å². The Morgan fingerprint density at radius 3 is 2.88 bits per heavy atom. The standard InChI is InChI=1S/C13H18N2O/c1-4-6-11(2)13(16)15(3)10-12-7-5-8-14-9-12/h5-9H,4,10H2,1-3H3/b11-6+. The summed E-state index contributed by atoms with van der Waals surface area (Å²) in [6.07, 6.45) is 6.34. The first-order valence-electron chi connectivity index (χ1n) is 5.46. The lowest BCUT2D eigenvalue weighted by molar-refractivity contribution is -0.126. The van der Waals surface area contributed by atoms with E-state index in [-0.39, 0.29) is 5.91 Å². The Balaban J connectivity index is 2.63. The molecular formula is C13H18N2O. The first-order chi connectivity index (χ1) is 7.65. The quantitative estimate of drug-likeness (QED) is 0.727. The molecule has 0 aromatic carbocycles. The second-order valence-electron chi connectivity index (χ2n) is 3.82. The van der Waals surface area contributed by atoms with E-state index in [2.05, 4.69) is 4.98 Å². The van der Waals surface area contributed by atoms with E-state index in [0.29, 0.717) is 6.54 Å². The molecule has 0 aliphatic rings. The number of pyridine rings is 1. The average Bonchev–Trinajstić information content (AvgIpc) is 2.29. The highest BCUT2D eigenvalue weighted by atomic mass is 16.2. The largest absolute Gasteiger partial charge is 0.338 e. The molecule has 0 N–H and O–H groups in total. The van der Waals surface area contributed by atoms with Crippen molar-refractivity contribution in [1.82, 2.24) is 9.88 Å². The summed E-state index contributed by atoms with van der Waals surface area (Å²) in [5, 5.41) is 0. The van der Waals surface area contributed by atoms with Gasteiger partial charge >= 0.3 is 0 Å². The summed E-state index contributed by atoms with van der Waals surface area (Å²) in [5.41, 5.74) is 1.84. The van der Waals surface area contributed by atoms with Crippen LogP contribution in [-0.2, 0) is 11.3 Å². The predicted octanol–water partition coefficient (Wildman–Crippen LogP) is 2.40. The van der Waals surface area contributed by atoms with Gasteiger partial charge in [0, 0.05) is 31.6 Å². The highest BCUT2D eigenvalue weighted by Gasteiger charge is 2.10. The van der Waals surface area contributed by atoms with Crippen molar-refractivity contribution in [2.45, 2.75) is 26.8 Å². The van der Waals surface area contributed by atoms with Gasteiger partial charge in [0.15, 0.2) is 0 Å². The lowest BCUT2D eigenvalue weighted by atomic mass is 10.2. The highest BCUT2D eigenvalue weighted by Crippen LogP contribution is 2.06. The van der Waals surface area contributed by atoms with Gasteiger partial charge in [-0.3, -0.25) is 9.78 Å². The maximum atomic E-state index is 11.9. The highest BCUT2D eigenvalue weighted by molar-refractivity contribution is 5.92. The third kappa shape index (κ3) is 3.50. The molecule has 0 bridgehead atoms. The van der Waals surface area contributed by atoms with Gasteiger partial charge in [0.2, 0.25) is 5.91 Å². The molecule has 1 amide bonds. The normalized spacial score (nSPS) is 11.3. The summed E-state index contributed by atoms with van der Waals surface area (Å²) in [7, 11) is 1.81. The van der Waals surface area contributed by atoms with E-state index in [4.69, 9.17) is 0 Å². The van der Waals surface area contributed by atoms with Gasteiger partial charge < -0.3 is 4.90 Å². The van der Waals surface area contributed by atoms with Gasteiger partial charge in [0.1, 0.15) is 0 Å². The Labute approximate surface area is 96.8 Å². The SMILES string of the molecule is CC/C=C(\C)C(=O)N(C)Cc1cccnc1. The molecule has 0 aliphatic carbocycles. The fourth-order valence-corrected chi connectivity index (χ4v) is 1.53. The number of hydrogen-bond acceptors (Lipinski definition) is 2. The number of aromatic nitrogens is 1.